The van der Waals surface area contributed by atoms with Crippen LogP contribution in [-0.2, 0) is 4.74 Å². The van der Waals surface area contributed by atoms with Crippen molar-refractivity contribution in [3.8, 4) is 5.75 Å². The van der Waals surface area contributed by atoms with E-state index in [-0.39, 0.29) is 12.1 Å². The molecular formula is C21H29N5O3. The molecule has 1 aliphatic heterocycles. The molecule has 2 N–H and O–H groups in total. The summed E-state index contributed by atoms with van der Waals surface area (Å²) in [6, 6.07) is 9.90. The van der Waals surface area contributed by atoms with E-state index < -0.39 is 0 Å². The summed E-state index contributed by atoms with van der Waals surface area (Å²) >= 11 is 0. The summed E-state index contributed by atoms with van der Waals surface area (Å²) in [7, 11) is 0. The fraction of sp³-hybridized carbons (Fsp3) is 0.476. The third-order valence-corrected chi connectivity index (χ3v) is 4.65. The number of ether oxygens (including phenoxy) is 2. The van der Waals surface area contributed by atoms with Crippen LogP contribution in [0.3, 0.4) is 0 Å². The Hall–Kier alpha value is -3.03. The van der Waals surface area contributed by atoms with E-state index in [4.69, 9.17) is 9.47 Å². The lowest BCUT2D eigenvalue weighted by Crippen LogP contribution is -2.42. The largest absolute Gasteiger partial charge is 0.494 e. The van der Waals surface area contributed by atoms with Gasteiger partial charge in [-0.25, -0.2) is 9.78 Å². The number of benzene rings is 1. The quantitative estimate of drug-likeness (QED) is 0.728. The van der Waals surface area contributed by atoms with Crippen LogP contribution in [0.2, 0.25) is 0 Å². The summed E-state index contributed by atoms with van der Waals surface area (Å²) in [6.45, 7) is 8.11. The van der Waals surface area contributed by atoms with E-state index in [2.05, 4.69) is 20.6 Å². The van der Waals surface area contributed by atoms with E-state index in [1.165, 1.54) is 0 Å². The van der Waals surface area contributed by atoms with Gasteiger partial charge in [0.1, 0.15) is 11.6 Å². The molecule has 0 aliphatic carbocycles. The van der Waals surface area contributed by atoms with Crippen molar-refractivity contribution in [2.75, 3.05) is 36.9 Å². The molecule has 0 bridgehead atoms. The number of carbonyl (C=O) groups is 1. The van der Waals surface area contributed by atoms with Crippen molar-refractivity contribution in [2.45, 2.75) is 39.7 Å². The minimum atomic E-state index is -0.236. The molecule has 2 aromatic rings. The molecule has 0 radical (unpaired) electrons. The van der Waals surface area contributed by atoms with E-state index in [1.54, 1.807) is 4.90 Å². The van der Waals surface area contributed by atoms with Crippen LogP contribution in [0.15, 0.2) is 30.3 Å². The minimum absolute atomic E-state index is 0.223. The molecule has 3 rings (SSSR count). The molecule has 0 spiro atoms. The van der Waals surface area contributed by atoms with Gasteiger partial charge in [-0.2, -0.15) is 4.98 Å². The molecule has 0 unspecified atom stereocenters. The lowest BCUT2D eigenvalue weighted by molar-refractivity contribution is 0.0983. The molecule has 2 heterocycles. The third kappa shape index (κ3) is 5.97. The molecule has 1 fully saturated rings. The van der Waals surface area contributed by atoms with Crippen LogP contribution in [0.1, 0.15) is 32.4 Å². The van der Waals surface area contributed by atoms with E-state index in [0.717, 1.165) is 35.8 Å². The molecule has 8 nitrogen and oxygen atoms in total. The molecule has 29 heavy (non-hydrogen) atoms. The maximum atomic E-state index is 11.8. The summed E-state index contributed by atoms with van der Waals surface area (Å²) in [6.07, 6.45) is 1.43. The fourth-order valence-electron chi connectivity index (χ4n) is 3.25. The zero-order valence-electron chi connectivity index (χ0n) is 17.3. The summed E-state index contributed by atoms with van der Waals surface area (Å²) in [5.41, 5.74) is 1.81. The van der Waals surface area contributed by atoms with Crippen molar-refractivity contribution in [2.24, 2.45) is 0 Å². The van der Waals surface area contributed by atoms with Gasteiger partial charge in [-0.15, -0.1) is 0 Å². The number of amides is 1. The van der Waals surface area contributed by atoms with Gasteiger partial charge in [0, 0.05) is 36.6 Å². The Morgan fingerprint density at radius 1 is 1.14 bits per heavy atom. The van der Waals surface area contributed by atoms with Gasteiger partial charge in [0.25, 0.3) is 0 Å². The topological polar surface area (TPSA) is 88.6 Å². The Kier molecular flexibility index (Phi) is 7.10. The van der Waals surface area contributed by atoms with Crippen molar-refractivity contribution in [3.05, 3.63) is 36.0 Å². The number of aryl methyl sites for hydroxylation is 1. The van der Waals surface area contributed by atoms with Gasteiger partial charge in [-0.3, -0.25) is 0 Å². The fourth-order valence-corrected chi connectivity index (χ4v) is 3.25. The molecular weight excluding hydrogens is 370 g/mol. The summed E-state index contributed by atoms with van der Waals surface area (Å²) in [5.74, 6) is 2.16. The Balaban J connectivity index is 1.58. The van der Waals surface area contributed by atoms with Crippen LogP contribution in [-0.4, -0.2) is 53.3 Å². The van der Waals surface area contributed by atoms with Gasteiger partial charge in [0.15, 0.2) is 0 Å². The number of rotatable bonds is 7. The number of aromatic nitrogens is 2. The second kappa shape index (κ2) is 9.95. The highest BCUT2D eigenvalue weighted by Gasteiger charge is 2.24. The van der Waals surface area contributed by atoms with Crippen LogP contribution in [0.25, 0.3) is 0 Å². The molecule has 156 valence electrons. The lowest BCUT2D eigenvalue weighted by Gasteiger charge is -2.31. The van der Waals surface area contributed by atoms with Gasteiger partial charge in [-0.1, -0.05) is 0 Å². The number of hydrogen-bond donors (Lipinski definition) is 2. The molecule has 0 atom stereocenters. The molecule has 1 aromatic heterocycles. The monoisotopic (exact) mass is 399 g/mol. The molecule has 8 heteroatoms. The first-order chi connectivity index (χ1) is 14.1. The normalized spacial score (nSPS) is 14.4. The van der Waals surface area contributed by atoms with Crippen molar-refractivity contribution in [1.29, 1.82) is 0 Å². The molecule has 0 saturated carbocycles. The van der Waals surface area contributed by atoms with Gasteiger partial charge >= 0.3 is 6.09 Å². The third-order valence-electron chi connectivity index (χ3n) is 4.65. The average molecular weight is 399 g/mol. The summed E-state index contributed by atoms with van der Waals surface area (Å²) in [4.78, 5) is 22.7. The Labute approximate surface area is 171 Å². The molecule has 1 aliphatic rings. The Morgan fingerprint density at radius 3 is 2.52 bits per heavy atom. The number of nitrogens with zero attached hydrogens (tertiary/aromatic N) is 3. The van der Waals surface area contributed by atoms with Crippen molar-refractivity contribution >= 4 is 23.5 Å². The highest BCUT2D eigenvalue weighted by atomic mass is 16.6. The number of carbonyl (C=O) groups excluding carboxylic acids is 1. The smallest absolute Gasteiger partial charge is 0.409 e. The van der Waals surface area contributed by atoms with Crippen molar-refractivity contribution < 1.29 is 14.3 Å². The predicted molar refractivity (Wildman–Crippen MR) is 113 cm³/mol. The van der Waals surface area contributed by atoms with Crippen LogP contribution in [0.4, 0.5) is 22.2 Å². The first-order valence-electron chi connectivity index (χ1n) is 10.1. The van der Waals surface area contributed by atoms with Gasteiger partial charge in [0.2, 0.25) is 5.95 Å². The first-order valence-corrected chi connectivity index (χ1v) is 10.1. The number of likely N-dealkylation sites (tertiary alicyclic amines) is 1. The summed E-state index contributed by atoms with van der Waals surface area (Å²) < 4.78 is 10.5. The second-order valence-electron chi connectivity index (χ2n) is 6.91. The minimum Gasteiger partial charge on any atom is -0.494 e. The zero-order chi connectivity index (χ0) is 20.6. The Bertz CT molecular complexity index is 804. The van der Waals surface area contributed by atoms with Crippen LogP contribution >= 0.6 is 0 Å². The predicted octanol–water partition coefficient (Wildman–Crippen LogP) is 3.96. The average Bonchev–Trinajstić information content (AvgIpc) is 2.70. The number of nitrogens with one attached hydrogen (secondary N) is 2. The van der Waals surface area contributed by atoms with Crippen molar-refractivity contribution in [1.82, 2.24) is 14.9 Å². The van der Waals surface area contributed by atoms with Crippen LogP contribution in [0.5, 0.6) is 5.75 Å². The highest BCUT2D eigenvalue weighted by molar-refractivity contribution is 5.67. The van der Waals surface area contributed by atoms with E-state index in [9.17, 15) is 4.79 Å². The maximum absolute atomic E-state index is 11.8. The van der Waals surface area contributed by atoms with E-state index in [1.807, 2.05) is 51.1 Å². The zero-order valence-corrected chi connectivity index (χ0v) is 17.3. The number of piperidine rings is 1. The first kappa shape index (κ1) is 20.7. The maximum Gasteiger partial charge on any atom is 0.409 e. The second-order valence-corrected chi connectivity index (χ2v) is 6.91. The van der Waals surface area contributed by atoms with Crippen LogP contribution < -0.4 is 15.4 Å². The molecule has 1 saturated heterocycles. The SMILES string of the molecule is CCOC(=O)N1CCC(Nc2nc(C)cc(Nc3ccc(OCC)cc3)n2)CC1. The highest BCUT2D eigenvalue weighted by Crippen LogP contribution is 2.21. The molecule has 1 aromatic carbocycles. The van der Waals surface area contributed by atoms with Gasteiger partial charge in [0.05, 0.1) is 13.2 Å². The lowest BCUT2D eigenvalue weighted by atomic mass is 10.1. The molecule has 1 amide bonds. The Morgan fingerprint density at radius 2 is 1.86 bits per heavy atom. The van der Waals surface area contributed by atoms with Crippen LogP contribution in [0, 0.1) is 6.92 Å². The standard InChI is InChI=1S/C21H29N5O3/c1-4-28-18-8-6-16(7-9-18)23-19-14-15(3)22-20(25-19)24-17-10-12-26(13-11-17)21(27)29-5-2/h6-9,14,17H,4-5,10-13H2,1-3H3,(H2,22,23,24,25). The van der Waals surface area contributed by atoms with E-state index >= 15 is 0 Å². The van der Waals surface area contributed by atoms with Crippen molar-refractivity contribution in [3.63, 3.8) is 0 Å². The number of anilines is 3. The summed E-state index contributed by atoms with van der Waals surface area (Å²) in [5, 5.41) is 6.72. The number of hydrogen-bond acceptors (Lipinski definition) is 7. The van der Waals surface area contributed by atoms with E-state index in [0.29, 0.717) is 32.3 Å². The van der Waals surface area contributed by atoms with Gasteiger partial charge in [-0.05, 0) is 57.9 Å². The van der Waals surface area contributed by atoms with Gasteiger partial charge < -0.3 is 25.0 Å².